The second kappa shape index (κ2) is 8.35. The van der Waals surface area contributed by atoms with Gasteiger partial charge in [0.15, 0.2) is 0 Å². The number of benzene rings is 1. The number of carboxylic acid groups (broad SMARTS) is 1. The molecule has 2 aromatic rings. The van der Waals surface area contributed by atoms with Crippen LogP contribution in [0.2, 0.25) is 10.0 Å². The monoisotopic (exact) mass is 404 g/mol. The van der Waals surface area contributed by atoms with E-state index >= 15 is 0 Å². The molecule has 0 saturated heterocycles. The van der Waals surface area contributed by atoms with Crippen molar-refractivity contribution in [3.05, 3.63) is 56.6 Å². The summed E-state index contributed by atoms with van der Waals surface area (Å²) in [4.78, 5) is 18.7. The van der Waals surface area contributed by atoms with E-state index in [4.69, 9.17) is 56.2 Å². The average Bonchev–Trinajstić information content (AvgIpc) is 2.55. The number of pyridine rings is 1. The summed E-state index contributed by atoms with van der Waals surface area (Å²) in [6, 6.07) is 7.98. The molecule has 0 spiro atoms. The summed E-state index contributed by atoms with van der Waals surface area (Å²) >= 11 is 23.0. The van der Waals surface area contributed by atoms with Crippen LogP contribution in [0.4, 0.5) is 5.69 Å². The molecule has 0 fully saturated rings. The van der Waals surface area contributed by atoms with Gasteiger partial charge < -0.3 is 9.84 Å². The first kappa shape index (κ1) is 18.5. The van der Waals surface area contributed by atoms with Gasteiger partial charge >= 0.3 is 5.97 Å². The van der Waals surface area contributed by atoms with Gasteiger partial charge in [-0.1, -0.05) is 46.4 Å². The van der Waals surface area contributed by atoms with Crippen LogP contribution in [0.1, 0.15) is 0 Å². The molecule has 2 rings (SSSR count). The van der Waals surface area contributed by atoms with Gasteiger partial charge in [-0.15, -0.1) is 0 Å². The fourth-order valence-corrected chi connectivity index (χ4v) is 2.10. The SMILES string of the molecule is O=C(O)/C(Cl)=C(/Cl)C=Nc1ccc(Oc2ccc(Cl)cc2Cl)nc1. The molecule has 0 aliphatic heterocycles. The van der Waals surface area contributed by atoms with Gasteiger partial charge in [-0.05, 0) is 24.3 Å². The first-order chi connectivity index (χ1) is 11.4. The topological polar surface area (TPSA) is 71.8 Å². The van der Waals surface area contributed by atoms with Gasteiger partial charge in [-0.2, -0.15) is 0 Å². The Kier molecular flexibility index (Phi) is 6.45. The molecule has 0 atom stereocenters. The van der Waals surface area contributed by atoms with Crippen molar-refractivity contribution in [2.75, 3.05) is 0 Å². The molecule has 0 unspecified atom stereocenters. The molecule has 124 valence electrons. The van der Waals surface area contributed by atoms with E-state index in [0.717, 1.165) is 6.21 Å². The molecule has 0 amide bonds. The van der Waals surface area contributed by atoms with Crippen LogP contribution < -0.4 is 4.74 Å². The number of rotatable bonds is 5. The lowest BCUT2D eigenvalue weighted by atomic mass is 10.3. The van der Waals surface area contributed by atoms with Crippen molar-refractivity contribution in [2.24, 2.45) is 4.99 Å². The summed E-state index contributed by atoms with van der Waals surface area (Å²) in [5.74, 6) is -0.637. The van der Waals surface area contributed by atoms with Crippen LogP contribution in [-0.4, -0.2) is 22.3 Å². The van der Waals surface area contributed by atoms with Crippen LogP contribution in [0.15, 0.2) is 51.6 Å². The predicted octanol–water partition coefficient (Wildman–Crippen LogP) is 5.66. The Bertz CT molecular complexity index is 820. The fourth-order valence-electron chi connectivity index (χ4n) is 1.47. The molecule has 5 nitrogen and oxygen atoms in total. The van der Waals surface area contributed by atoms with Crippen LogP contribution in [0, 0.1) is 0 Å². The molecule has 9 heteroatoms. The van der Waals surface area contributed by atoms with E-state index in [1.54, 1.807) is 30.3 Å². The van der Waals surface area contributed by atoms with Crippen LogP contribution in [0.3, 0.4) is 0 Å². The zero-order valence-corrected chi connectivity index (χ0v) is 14.7. The number of carboxylic acids is 1. The minimum absolute atomic E-state index is 0.197. The van der Waals surface area contributed by atoms with Crippen molar-refractivity contribution < 1.29 is 14.6 Å². The predicted molar refractivity (Wildman–Crippen MR) is 95.3 cm³/mol. The first-order valence-electron chi connectivity index (χ1n) is 6.28. The Morgan fingerprint density at radius 3 is 2.54 bits per heavy atom. The van der Waals surface area contributed by atoms with Crippen LogP contribution in [0.5, 0.6) is 11.6 Å². The smallest absolute Gasteiger partial charge is 0.348 e. The number of halogens is 4. The molecular formula is C15H8Cl4N2O3. The maximum atomic E-state index is 10.6. The molecule has 0 bridgehead atoms. The lowest BCUT2D eigenvalue weighted by molar-refractivity contribution is -0.131. The van der Waals surface area contributed by atoms with E-state index in [0.29, 0.717) is 27.4 Å². The fraction of sp³-hybridized carbons (Fsp3) is 0. The molecule has 1 aromatic carbocycles. The largest absolute Gasteiger partial charge is 0.477 e. The highest BCUT2D eigenvalue weighted by Gasteiger charge is 2.08. The summed E-state index contributed by atoms with van der Waals surface area (Å²) in [6.07, 6.45) is 2.53. The van der Waals surface area contributed by atoms with Gasteiger partial charge in [-0.3, -0.25) is 4.99 Å². The molecule has 0 saturated carbocycles. The van der Waals surface area contributed by atoms with E-state index in [-0.39, 0.29) is 5.03 Å². The van der Waals surface area contributed by atoms with Gasteiger partial charge in [0.05, 0.1) is 21.9 Å². The van der Waals surface area contributed by atoms with Crippen molar-refractivity contribution in [1.82, 2.24) is 4.98 Å². The molecule has 0 radical (unpaired) electrons. The highest BCUT2D eigenvalue weighted by Crippen LogP contribution is 2.31. The number of hydrogen-bond donors (Lipinski definition) is 1. The Hall–Kier alpha value is -1.79. The Labute approximate surface area is 157 Å². The van der Waals surface area contributed by atoms with E-state index < -0.39 is 11.0 Å². The molecule has 24 heavy (non-hydrogen) atoms. The summed E-state index contributed by atoms with van der Waals surface area (Å²) in [5, 5.41) is 8.81. The van der Waals surface area contributed by atoms with Gasteiger partial charge in [-0.25, -0.2) is 9.78 Å². The summed E-state index contributed by atoms with van der Waals surface area (Å²) in [7, 11) is 0. The molecule has 1 N–H and O–H groups in total. The lowest BCUT2D eigenvalue weighted by Crippen LogP contribution is -1.96. The minimum Gasteiger partial charge on any atom is -0.477 e. The maximum absolute atomic E-state index is 10.6. The van der Waals surface area contributed by atoms with E-state index in [2.05, 4.69) is 9.98 Å². The molecular weight excluding hydrogens is 398 g/mol. The minimum atomic E-state index is -1.34. The highest BCUT2D eigenvalue weighted by atomic mass is 35.5. The van der Waals surface area contributed by atoms with Gasteiger partial charge in [0.25, 0.3) is 0 Å². The maximum Gasteiger partial charge on any atom is 0.348 e. The summed E-state index contributed by atoms with van der Waals surface area (Å²) in [6.45, 7) is 0. The van der Waals surface area contributed by atoms with E-state index in [1.807, 2.05) is 0 Å². The number of nitrogens with zero attached hydrogens (tertiary/aromatic N) is 2. The third-order valence-electron chi connectivity index (χ3n) is 2.55. The summed E-state index contributed by atoms with van der Waals surface area (Å²) < 4.78 is 5.53. The van der Waals surface area contributed by atoms with Crippen molar-refractivity contribution in [3.63, 3.8) is 0 Å². The van der Waals surface area contributed by atoms with E-state index in [1.165, 1.54) is 6.20 Å². The third kappa shape index (κ3) is 5.11. The van der Waals surface area contributed by atoms with Crippen molar-refractivity contribution in [3.8, 4) is 11.6 Å². The average molecular weight is 406 g/mol. The lowest BCUT2D eigenvalue weighted by Gasteiger charge is -2.06. The number of allylic oxidation sites excluding steroid dienone is 1. The van der Waals surface area contributed by atoms with Gasteiger partial charge in [0, 0.05) is 17.3 Å². The third-order valence-corrected chi connectivity index (χ3v) is 3.83. The molecule has 0 aliphatic carbocycles. The van der Waals surface area contributed by atoms with E-state index in [9.17, 15) is 4.79 Å². The number of ether oxygens (including phenoxy) is 1. The number of carbonyl (C=O) groups is 1. The Morgan fingerprint density at radius 1 is 1.21 bits per heavy atom. The quantitative estimate of drug-likeness (QED) is 0.514. The molecule has 0 aliphatic rings. The summed E-state index contributed by atoms with van der Waals surface area (Å²) in [5.41, 5.74) is 0.428. The Morgan fingerprint density at radius 2 is 1.96 bits per heavy atom. The highest BCUT2D eigenvalue weighted by molar-refractivity contribution is 6.51. The molecule has 1 aromatic heterocycles. The van der Waals surface area contributed by atoms with Crippen molar-refractivity contribution in [2.45, 2.75) is 0 Å². The van der Waals surface area contributed by atoms with Crippen LogP contribution >= 0.6 is 46.4 Å². The number of aliphatic imine (C=N–C) groups is 1. The Balaban J connectivity index is 2.11. The van der Waals surface area contributed by atoms with Crippen LogP contribution in [-0.2, 0) is 4.79 Å². The second-order valence-corrected chi connectivity index (χ2v) is 5.89. The van der Waals surface area contributed by atoms with Crippen molar-refractivity contribution in [1.29, 1.82) is 0 Å². The van der Waals surface area contributed by atoms with Crippen molar-refractivity contribution >= 4 is 64.3 Å². The number of hydrogen-bond acceptors (Lipinski definition) is 4. The first-order valence-corrected chi connectivity index (χ1v) is 7.79. The normalized spacial score (nSPS) is 12.2. The number of aliphatic carboxylic acids is 1. The van der Waals surface area contributed by atoms with Crippen LogP contribution in [0.25, 0.3) is 0 Å². The number of aromatic nitrogens is 1. The van der Waals surface area contributed by atoms with Gasteiger partial charge in [0.2, 0.25) is 5.88 Å². The molecule has 1 heterocycles. The zero-order chi connectivity index (χ0) is 17.7. The zero-order valence-electron chi connectivity index (χ0n) is 11.7. The second-order valence-electron chi connectivity index (χ2n) is 4.26. The van der Waals surface area contributed by atoms with Gasteiger partial charge in [0.1, 0.15) is 10.8 Å². The standard InChI is InChI=1S/C15H8Cl4N2O3/c16-8-1-3-12(10(17)5-8)24-13-4-2-9(6-21-13)20-7-11(18)14(19)15(22)23/h1-7H,(H,22,23)/b14-11-,20-7?.